The highest BCUT2D eigenvalue weighted by Gasteiger charge is 2.12. The number of hydrogen-bond donors (Lipinski definition) is 0. The first-order valence-corrected chi connectivity index (χ1v) is 7.66. The van der Waals surface area contributed by atoms with E-state index < -0.39 is 5.97 Å². The number of para-hydroxylation sites is 1. The number of likely N-dealkylation sites (N-methyl/N-ethyl adjacent to an activating group) is 1. The normalized spacial score (nSPS) is 10.6. The van der Waals surface area contributed by atoms with Gasteiger partial charge in [-0.2, -0.15) is 0 Å². The molecular weight excluding hydrogens is 298 g/mol. The van der Waals surface area contributed by atoms with Gasteiger partial charge in [-0.05, 0) is 42.1 Å². The fraction of sp³-hybridized carbons (Fsp3) is 0.176. The molecule has 0 saturated carbocycles. The Labute approximate surface area is 133 Å². The van der Waals surface area contributed by atoms with Crippen molar-refractivity contribution in [2.45, 2.75) is 6.92 Å². The van der Waals surface area contributed by atoms with Gasteiger partial charge in [-0.3, -0.25) is 4.79 Å². The van der Waals surface area contributed by atoms with E-state index in [1.807, 2.05) is 48.7 Å². The molecule has 0 fully saturated rings. The highest BCUT2D eigenvalue weighted by molar-refractivity contribution is 7.11. The molecular formula is C17H17NO3S. The number of ether oxygens (including phenoxy) is 1. The van der Waals surface area contributed by atoms with Crippen LogP contribution in [0, 0.1) is 6.92 Å². The van der Waals surface area contributed by atoms with E-state index in [0.29, 0.717) is 0 Å². The maximum atomic E-state index is 12.0. The standard InChI is InChI=1S/C17H17NO3S/c1-13-10-11-22-15(13)8-9-17(20)21-12-16(19)18(2)14-6-4-3-5-7-14/h3-11H,12H2,1-2H3/b9-8+. The van der Waals surface area contributed by atoms with E-state index in [1.54, 1.807) is 24.5 Å². The first-order valence-electron chi connectivity index (χ1n) is 6.78. The lowest BCUT2D eigenvalue weighted by Gasteiger charge is -2.16. The number of thiophene rings is 1. The van der Waals surface area contributed by atoms with Gasteiger partial charge in [-0.25, -0.2) is 4.79 Å². The zero-order valence-corrected chi connectivity index (χ0v) is 13.3. The van der Waals surface area contributed by atoms with E-state index in [9.17, 15) is 9.59 Å². The average molecular weight is 315 g/mol. The van der Waals surface area contributed by atoms with Crippen molar-refractivity contribution in [1.29, 1.82) is 0 Å². The molecule has 1 aromatic carbocycles. The molecule has 2 aromatic rings. The minimum Gasteiger partial charge on any atom is -0.452 e. The molecule has 0 aliphatic heterocycles. The van der Waals surface area contributed by atoms with Gasteiger partial charge in [-0.15, -0.1) is 11.3 Å². The van der Waals surface area contributed by atoms with Crippen LogP contribution in [0.1, 0.15) is 10.4 Å². The quantitative estimate of drug-likeness (QED) is 0.628. The summed E-state index contributed by atoms with van der Waals surface area (Å²) in [4.78, 5) is 26.1. The molecule has 0 spiro atoms. The monoisotopic (exact) mass is 315 g/mol. The Kier molecular flexibility index (Phi) is 5.49. The van der Waals surface area contributed by atoms with E-state index in [-0.39, 0.29) is 12.5 Å². The predicted molar refractivity (Wildman–Crippen MR) is 88.9 cm³/mol. The molecule has 1 heterocycles. The van der Waals surface area contributed by atoms with Crippen molar-refractivity contribution in [3.05, 3.63) is 58.3 Å². The fourth-order valence-corrected chi connectivity index (χ4v) is 2.59. The Morgan fingerprint density at radius 2 is 1.95 bits per heavy atom. The van der Waals surface area contributed by atoms with Crippen molar-refractivity contribution < 1.29 is 14.3 Å². The summed E-state index contributed by atoms with van der Waals surface area (Å²) in [5.74, 6) is -0.803. The Balaban J connectivity index is 1.84. The smallest absolute Gasteiger partial charge is 0.331 e. The van der Waals surface area contributed by atoms with Crippen LogP contribution in [-0.4, -0.2) is 25.5 Å². The first kappa shape index (κ1) is 16.0. The lowest BCUT2D eigenvalue weighted by Crippen LogP contribution is -2.30. The molecule has 0 aliphatic rings. The summed E-state index contributed by atoms with van der Waals surface area (Å²) in [5.41, 5.74) is 1.86. The number of amides is 1. The number of rotatable bonds is 5. The number of benzene rings is 1. The Bertz CT molecular complexity index is 676. The van der Waals surface area contributed by atoms with Crippen LogP contribution in [0.5, 0.6) is 0 Å². The summed E-state index contributed by atoms with van der Waals surface area (Å²) < 4.78 is 4.97. The molecule has 0 radical (unpaired) electrons. The molecule has 1 amide bonds. The van der Waals surface area contributed by atoms with Crippen LogP contribution >= 0.6 is 11.3 Å². The van der Waals surface area contributed by atoms with Crippen LogP contribution in [0.4, 0.5) is 5.69 Å². The second-order valence-corrected chi connectivity index (χ2v) is 5.64. The van der Waals surface area contributed by atoms with Crippen LogP contribution in [0.25, 0.3) is 6.08 Å². The third-order valence-electron chi connectivity index (χ3n) is 3.13. The van der Waals surface area contributed by atoms with Gasteiger partial charge in [0.25, 0.3) is 5.91 Å². The summed E-state index contributed by atoms with van der Waals surface area (Å²) >= 11 is 1.55. The topological polar surface area (TPSA) is 46.6 Å². The summed E-state index contributed by atoms with van der Waals surface area (Å²) in [7, 11) is 1.65. The molecule has 4 nitrogen and oxygen atoms in total. The van der Waals surface area contributed by atoms with Crippen molar-refractivity contribution in [1.82, 2.24) is 0 Å². The van der Waals surface area contributed by atoms with E-state index >= 15 is 0 Å². The van der Waals surface area contributed by atoms with Gasteiger partial charge < -0.3 is 9.64 Å². The first-order chi connectivity index (χ1) is 10.6. The molecule has 0 unspecified atom stereocenters. The number of aryl methyl sites for hydroxylation is 1. The Morgan fingerprint density at radius 3 is 2.59 bits per heavy atom. The maximum absolute atomic E-state index is 12.0. The summed E-state index contributed by atoms with van der Waals surface area (Å²) in [6.45, 7) is 1.69. The van der Waals surface area contributed by atoms with Crippen molar-refractivity contribution in [3.8, 4) is 0 Å². The number of nitrogens with zero attached hydrogens (tertiary/aromatic N) is 1. The molecule has 0 aliphatic carbocycles. The molecule has 1 aromatic heterocycles. The molecule has 114 valence electrons. The van der Waals surface area contributed by atoms with Crippen LogP contribution < -0.4 is 4.90 Å². The van der Waals surface area contributed by atoms with Crippen molar-refractivity contribution >= 4 is 35.0 Å². The lowest BCUT2D eigenvalue weighted by molar-refractivity contribution is -0.142. The zero-order chi connectivity index (χ0) is 15.9. The van der Waals surface area contributed by atoms with Gasteiger partial charge in [0.1, 0.15) is 0 Å². The van der Waals surface area contributed by atoms with Crippen LogP contribution in [0.15, 0.2) is 47.9 Å². The largest absolute Gasteiger partial charge is 0.452 e. The fourth-order valence-electron chi connectivity index (χ4n) is 1.77. The van der Waals surface area contributed by atoms with Gasteiger partial charge in [0, 0.05) is 23.7 Å². The molecule has 5 heteroatoms. The van der Waals surface area contributed by atoms with Gasteiger partial charge in [0.05, 0.1) is 0 Å². The molecule has 22 heavy (non-hydrogen) atoms. The second kappa shape index (κ2) is 7.56. The predicted octanol–water partition coefficient (Wildman–Crippen LogP) is 3.28. The Morgan fingerprint density at radius 1 is 1.23 bits per heavy atom. The third kappa shape index (κ3) is 4.30. The minimum atomic E-state index is -0.525. The molecule has 0 N–H and O–H groups in total. The van der Waals surface area contributed by atoms with Crippen molar-refractivity contribution in [2.24, 2.45) is 0 Å². The molecule has 0 bridgehead atoms. The van der Waals surface area contributed by atoms with E-state index in [1.165, 1.54) is 11.0 Å². The molecule has 0 atom stereocenters. The SMILES string of the molecule is Cc1ccsc1/C=C/C(=O)OCC(=O)N(C)c1ccccc1. The molecule has 2 rings (SSSR count). The number of carbonyl (C=O) groups is 2. The van der Waals surface area contributed by atoms with Gasteiger partial charge in [0.2, 0.25) is 0 Å². The minimum absolute atomic E-state index is 0.278. The van der Waals surface area contributed by atoms with Gasteiger partial charge in [0.15, 0.2) is 6.61 Å². The van der Waals surface area contributed by atoms with Crippen LogP contribution in [0.3, 0.4) is 0 Å². The highest BCUT2D eigenvalue weighted by Crippen LogP contribution is 2.17. The summed E-state index contributed by atoms with van der Waals surface area (Å²) in [6.07, 6.45) is 3.04. The average Bonchev–Trinajstić information content (AvgIpc) is 2.95. The highest BCUT2D eigenvalue weighted by atomic mass is 32.1. The zero-order valence-electron chi connectivity index (χ0n) is 12.5. The lowest BCUT2D eigenvalue weighted by atomic mass is 10.3. The van der Waals surface area contributed by atoms with Crippen molar-refractivity contribution in [2.75, 3.05) is 18.6 Å². The number of anilines is 1. The number of esters is 1. The second-order valence-electron chi connectivity index (χ2n) is 4.70. The number of carbonyl (C=O) groups excluding carboxylic acids is 2. The van der Waals surface area contributed by atoms with E-state index in [2.05, 4.69) is 0 Å². The third-order valence-corrected chi connectivity index (χ3v) is 4.11. The summed E-state index contributed by atoms with van der Waals surface area (Å²) in [5, 5.41) is 1.96. The van der Waals surface area contributed by atoms with E-state index in [0.717, 1.165) is 16.1 Å². The van der Waals surface area contributed by atoms with Crippen molar-refractivity contribution in [3.63, 3.8) is 0 Å². The maximum Gasteiger partial charge on any atom is 0.331 e. The van der Waals surface area contributed by atoms with Crippen LogP contribution in [-0.2, 0) is 14.3 Å². The molecule has 0 saturated heterocycles. The van der Waals surface area contributed by atoms with Crippen LogP contribution in [0.2, 0.25) is 0 Å². The summed E-state index contributed by atoms with van der Waals surface area (Å²) in [6, 6.07) is 11.2. The van der Waals surface area contributed by atoms with Gasteiger partial charge in [-0.1, -0.05) is 18.2 Å². The van der Waals surface area contributed by atoms with Gasteiger partial charge >= 0.3 is 5.97 Å². The number of hydrogen-bond acceptors (Lipinski definition) is 4. The van der Waals surface area contributed by atoms with E-state index in [4.69, 9.17) is 4.74 Å². The Hall–Kier alpha value is -2.40.